The third-order valence-corrected chi connectivity index (χ3v) is 16.6. The molecule has 2 heterocycles. The van der Waals surface area contributed by atoms with E-state index in [2.05, 4.69) is 54.5 Å². The van der Waals surface area contributed by atoms with Gasteiger partial charge in [0.25, 0.3) is 0 Å². The van der Waals surface area contributed by atoms with Gasteiger partial charge in [0.2, 0.25) is 0 Å². The first-order valence-electron chi connectivity index (χ1n) is 20.9. The summed E-state index contributed by atoms with van der Waals surface area (Å²) in [5.41, 5.74) is -0.847. The summed E-state index contributed by atoms with van der Waals surface area (Å²) in [5, 5.41) is 96.4. The molecule has 13 heteroatoms. The van der Waals surface area contributed by atoms with Gasteiger partial charge in [-0.05, 0) is 124 Å². The fraction of sp³-hybridized carbons (Fsp3) is 0.952. The van der Waals surface area contributed by atoms with Crippen LogP contribution in [0.15, 0.2) is 11.6 Å². The molecule has 0 amide bonds. The van der Waals surface area contributed by atoms with Gasteiger partial charge in [-0.15, -0.1) is 0 Å². The summed E-state index contributed by atoms with van der Waals surface area (Å²) in [7, 11) is 0. The molecule has 13 nitrogen and oxygen atoms in total. The third kappa shape index (κ3) is 7.20. The van der Waals surface area contributed by atoms with E-state index in [-0.39, 0.29) is 46.0 Å². The highest BCUT2D eigenvalue weighted by atomic mass is 16.7. The Labute approximate surface area is 327 Å². The van der Waals surface area contributed by atoms with Crippen LogP contribution in [0.5, 0.6) is 0 Å². The maximum atomic E-state index is 12.3. The Morgan fingerprint density at radius 2 is 1.25 bits per heavy atom. The fourth-order valence-electron chi connectivity index (χ4n) is 13.3. The highest BCUT2D eigenvalue weighted by Gasteiger charge is 2.72. The van der Waals surface area contributed by atoms with E-state index < -0.39 is 91.7 Å². The molecule has 55 heavy (non-hydrogen) atoms. The van der Waals surface area contributed by atoms with Gasteiger partial charge in [0.1, 0.15) is 48.8 Å². The van der Waals surface area contributed by atoms with Crippen LogP contribution < -0.4 is 0 Å². The van der Waals surface area contributed by atoms with Crippen LogP contribution >= 0.6 is 0 Å². The molecule has 318 valence electrons. The van der Waals surface area contributed by atoms with E-state index in [4.69, 9.17) is 18.9 Å². The van der Waals surface area contributed by atoms with Gasteiger partial charge in [-0.3, -0.25) is 0 Å². The van der Waals surface area contributed by atoms with Crippen molar-refractivity contribution in [3.63, 3.8) is 0 Å². The molecule has 6 rings (SSSR count). The Bertz CT molecular complexity index is 1370. The topological polar surface area (TPSA) is 219 Å². The summed E-state index contributed by atoms with van der Waals surface area (Å²) in [6.45, 7) is 16.5. The van der Waals surface area contributed by atoms with Crippen molar-refractivity contribution >= 4 is 0 Å². The largest absolute Gasteiger partial charge is 0.394 e. The monoisotopic (exact) mass is 784 g/mol. The van der Waals surface area contributed by atoms with Crippen LogP contribution in [0.4, 0.5) is 0 Å². The molecule has 20 atom stereocenters. The first-order valence-corrected chi connectivity index (χ1v) is 20.9. The summed E-state index contributed by atoms with van der Waals surface area (Å²) < 4.78 is 25.2. The number of aliphatic hydroxyl groups is 9. The standard InChI is InChI=1S/C42H72O13/c1-21(2)10-9-14-42(8,51)22-11-16-41(7)29(22)23(52-36-34(49)32(47)30(45)24(19-43)53-36)18-27-39(5)15-13-28(38(3,4)26(39)12-17-40(27,41)6)55-37-35(50)33(48)31(46)25(20-44)54-37/h10,22-37,43-51H,9,11-20H2,1-8H3/t22-,23+,24+,25+,26?,27+,28?,29-,30+,31+,32-,33-,34+,35+,36+,37-,39-,40+,41-,42-/m0/s1. The average molecular weight is 785 g/mol. The maximum absolute atomic E-state index is 12.3. The quantitative estimate of drug-likeness (QED) is 0.115. The number of hydrogen-bond acceptors (Lipinski definition) is 13. The van der Waals surface area contributed by atoms with Crippen molar-refractivity contribution in [1.29, 1.82) is 0 Å². The molecule has 2 unspecified atom stereocenters. The molecule has 0 radical (unpaired) electrons. The Morgan fingerprint density at radius 1 is 0.709 bits per heavy atom. The van der Waals surface area contributed by atoms with Crippen LogP contribution in [-0.4, -0.2) is 138 Å². The van der Waals surface area contributed by atoms with Crippen LogP contribution in [0.2, 0.25) is 0 Å². The summed E-state index contributed by atoms with van der Waals surface area (Å²) in [4.78, 5) is 0. The van der Waals surface area contributed by atoms with Crippen LogP contribution in [0.1, 0.15) is 113 Å². The van der Waals surface area contributed by atoms with E-state index in [1.807, 2.05) is 6.92 Å². The molecule has 2 aliphatic heterocycles. The lowest BCUT2D eigenvalue weighted by molar-refractivity contribution is -0.342. The molecule has 4 saturated carbocycles. The van der Waals surface area contributed by atoms with E-state index in [0.29, 0.717) is 19.3 Å². The second-order valence-electron chi connectivity index (χ2n) is 20.1. The lowest BCUT2D eigenvalue weighted by Crippen LogP contribution is -2.68. The van der Waals surface area contributed by atoms with E-state index in [0.717, 1.165) is 38.5 Å². The number of fused-ring (bicyclic) bond motifs is 5. The number of hydrogen-bond donors (Lipinski definition) is 9. The molecule has 0 aromatic carbocycles. The van der Waals surface area contributed by atoms with Crippen molar-refractivity contribution < 1.29 is 64.9 Å². The Kier molecular flexibility index (Phi) is 12.5. The van der Waals surface area contributed by atoms with Gasteiger partial charge < -0.3 is 64.9 Å². The fourth-order valence-corrected chi connectivity index (χ4v) is 13.3. The lowest BCUT2D eigenvalue weighted by Gasteiger charge is -2.71. The first kappa shape index (κ1) is 43.8. The molecule has 2 saturated heterocycles. The third-order valence-electron chi connectivity index (χ3n) is 16.6. The van der Waals surface area contributed by atoms with Crippen molar-refractivity contribution in [2.24, 2.45) is 45.3 Å². The first-order chi connectivity index (χ1) is 25.6. The average Bonchev–Trinajstić information content (AvgIpc) is 3.50. The van der Waals surface area contributed by atoms with Crippen LogP contribution in [-0.2, 0) is 18.9 Å². The van der Waals surface area contributed by atoms with Crippen molar-refractivity contribution in [2.45, 2.75) is 192 Å². The number of allylic oxidation sites excluding steroid dienone is 2. The lowest BCUT2D eigenvalue weighted by atomic mass is 9.35. The van der Waals surface area contributed by atoms with Crippen molar-refractivity contribution in [3.05, 3.63) is 11.6 Å². The van der Waals surface area contributed by atoms with Crippen molar-refractivity contribution in [3.8, 4) is 0 Å². The van der Waals surface area contributed by atoms with Gasteiger partial charge in [-0.25, -0.2) is 0 Å². The van der Waals surface area contributed by atoms with E-state index in [1.54, 1.807) is 0 Å². The minimum Gasteiger partial charge on any atom is -0.394 e. The zero-order chi connectivity index (χ0) is 40.6. The number of ether oxygens (including phenoxy) is 4. The Hall–Kier alpha value is -0.780. The van der Waals surface area contributed by atoms with Crippen LogP contribution in [0.3, 0.4) is 0 Å². The molecule has 0 bridgehead atoms. The molecular weight excluding hydrogens is 712 g/mol. The summed E-state index contributed by atoms with van der Waals surface area (Å²) >= 11 is 0. The number of rotatable bonds is 10. The van der Waals surface area contributed by atoms with E-state index in [1.165, 1.54) is 5.57 Å². The molecule has 0 aromatic rings. The second kappa shape index (κ2) is 15.7. The van der Waals surface area contributed by atoms with Gasteiger partial charge in [0.15, 0.2) is 12.6 Å². The Balaban J connectivity index is 1.33. The van der Waals surface area contributed by atoms with Crippen molar-refractivity contribution in [1.82, 2.24) is 0 Å². The number of aliphatic hydroxyl groups excluding tert-OH is 8. The SMILES string of the molecule is CC(C)=CCC[C@](C)(O)[C@H]1CC[C@@]2(C)[C@@H]1[C@H](O[C@@H]1O[C@H](CO)[C@@H](O)[C@H](O)[C@H]1O)C[C@@H]1[C@@]3(C)CCC(O[C@@H]4O[C@H](CO)[C@@H](O)[C@H](O)[C@H]4O)C(C)(C)C3CC[C@]12C. The molecule has 6 aliphatic rings. The molecule has 9 N–H and O–H groups in total. The minimum absolute atomic E-state index is 0.109. The molecule has 4 aliphatic carbocycles. The van der Waals surface area contributed by atoms with E-state index >= 15 is 0 Å². The predicted molar refractivity (Wildman–Crippen MR) is 201 cm³/mol. The van der Waals surface area contributed by atoms with Crippen LogP contribution in [0, 0.1) is 45.3 Å². The highest BCUT2D eigenvalue weighted by Crippen LogP contribution is 2.76. The van der Waals surface area contributed by atoms with E-state index in [9.17, 15) is 46.0 Å². The molecular formula is C42H72O13. The zero-order valence-corrected chi connectivity index (χ0v) is 34.3. The van der Waals surface area contributed by atoms with Crippen LogP contribution in [0.25, 0.3) is 0 Å². The Morgan fingerprint density at radius 3 is 1.80 bits per heavy atom. The maximum Gasteiger partial charge on any atom is 0.186 e. The van der Waals surface area contributed by atoms with Gasteiger partial charge in [-0.1, -0.05) is 46.3 Å². The minimum atomic E-state index is -1.57. The predicted octanol–water partition coefficient (Wildman–Crippen LogP) is 2.15. The van der Waals surface area contributed by atoms with Gasteiger partial charge >= 0.3 is 0 Å². The molecule has 0 spiro atoms. The molecule has 0 aromatic heterocycles. The smallest absolute Gasteiger partial charge is 0.186 e. The summed E-state index contributed by atoms with van der Waals surface area (Å²) in [6.07, 6.45) is -5.51. The highest BCUT2D eigenvalue weighted by molar-refractivity contribution is 5.20. The zero-order valence-electron chi connectivity index (χ0n) is 34.3. The summed E-state index contributed by atoms with van der Waals surface area (Å²) in [6, 6.07) is 0. The van der Waals surface area contributed by atoms with Crippen molar-refractivity contribution in [2.75, 3.05) is 13.2 Å². The van der Waals surface area contributed by atoms with Gasteiger partial charge in [0, 0.05) is 0 Å². The van der Waals surface area contributed by atoms with Gasteiger partial charge in [0.05, 0.1) is 31.0 Å². The summed E-state index contributed by atoms with van der Waals surface area (Å²) in [5.74, 6) is 0.0816. The second-order valence-corrected chi connectivity index (χ2v) is 20.1. The normalized spacial score (nSPS) is 52.0. The van der Waals surface area contributed by atoms with Gasteiger partial charge in [-0.2, -0.15) is 0 Å². The molecule has 6 fully saturated rings.